The predicted octanol–water partition coefficient (Wildman–Crippen LogP) is 2.87. The van der Waals surface area contributed by atoms with Crippen molar-refractivity contribution in [3.63, 3.8) is 0 Å². The van der Waals surface area contributed by atoms with Crippen molar-refractivity contribution in [2.45, 2.75) is 18.9 Å². The van der Waals surface area contributed by atoms with Crippen molar-refractivity contribution in [2.75, 3.05) is 20.2 Å². The number of likely N-dealkylation sites (N-methyl/N-ethyl adjacent to an activating group) is 1. The first-order valence-corrected chi connectivity index (χ1v) is 7.26. The van der Waals surface area contributed by atoms with E-state index in [1.54, 1.807) is 12.4 Å². The Morgan fingerprint density at radius 2 is 2.26 bits per heavy atom. The zero-order chi connectivity index (χ0) is 13.2. The molecule has 0 spiro atoms. The molecule has 2 aromatic rings. The van der Waals surface area contributed by atoms with E-state index in [1.165, 1.54) is 12.8 Å². The molecule has 0 unspecified atom stereocenters. The smallest absolute Gasteiger partial charge is 0.148 e. The van der Waals surface area contributed by atoms with E-state index in [0.717, 1.165) is 33.8 Å². The molecule has 1 saturated carbocycles. The molecule has 5 heteroatoms. The molecule has 0 atom stereocenters. The minimum atomic E-state index is 0.684. The van der Waals surface area contributed by atoms with Crippen LogP contribution in [0.1, 0.15) is 12.8 Å². The van der Waals surface area contributed by atoms with Gasteiger partial charge in [0.15, 0.2) is 0 Å². The van der Waals surface area contributed by atoms with E-state index in [2.05, 4.69) is 37.8 Å². The molecule has 0 aromatic carbocycles. The van der Waals surface area contributed by atoms with Crippen LogP contribution in [0.25, 0.3) is 11.0 Å². The Bertz CT molecular complexity index is 586. The third-order valence-corrected chi connectivity index (χ3v) is 3.81. The summed E-state index contributed by atoms with van der Waals surface area (Å²) in [4.78, 5) is 11.0. The summed E-state index contributed by atoms with van der Waals surface area (Å²) >= 11 is 3.40. The van der Waals surface area contributed by atoms with Crippen molar-refractivity contribution in [3.8, 4) is 5.75 Å². The highest BCUT2D eigenvalue weighted by Crippen LogP contribution is 2.26. The first-order chi connectivity index (χ1) is 9.24. The maximum Gasteiger partial charge on any atom is 0.148 e. The molecular weight excluding hydrogens is 306 g/mol. The van der Waals surface area contributed by atoms with Gasteiger partial charge in [-0.2, -0.15) is 0 Å². The number of nitrogens with zero attached hydrogens (tertiary/aromatic N) is 3. The lowest BCUT2D eigenvalue weighted by Gasteiger charge is -2.16. The van der Waals surface area contributed by atoms with Crippen LogP contribution in [0.3, 0.4) is 0 Å². The fraction of sp³-hybridized carbons (Fsp3) is 0.429. The summed E-state index contributed by atoms with van der Waals surface area (Å²) in [6.45, 7) is 1.63. The number of fused-ring (bicyclic) bond motifs is 1. The molecule has 0 radical (unpaired) electrons. The Kier molecular flexibility index (Phi) is 3.66. The van der Waals surface area contributed by atoms with E-state index in [-0.39, 0.29) is 0 Å². The van der Waals surface area contributed by atoms with Gasteiger partial charge in [0, 0.05) is 35.5 Å². The Hall–Kier alpha value is -1.20. The van der Waals surface area contributed by atoms with Crippen LogP contribution < -0.4 is 4.74 Å². The van der Waals surface area contributed by atoms with Gasteiger partial charge in [-0.3, -0.25) is 4.98 Å². The lowest BCUT2D eigenvalue weighted by Crippen LogP contribution is -2.26. The fourth-order valence-electron chi connectivity index (χ4n) is 2.09. The summed E-state index contributed by atoms with van der Waals surface area (Å²) < 4.78 is 6.78. The lowest BCUT2D eigenvalue weighted by molar-refractivity contribution is 0.233. The predicted molar refractivity (Wildman–Crippen MR) is 78.4 cm³/mol. The Morgan fingerprint density at radius 3 is 3.05 bits per heavy atom. The number of aromatic nitrogens is 2. The van der Waals surface area contributed by atoms with Crippen LogP contribution in [-0.2, 0) is 0 Å². The van der Waals surface area contributed by atoms with Gasteiger partial charge in [0.1, 0.15) is 17.9 Å². The zero-order valence-corrected chi connectivity index (χ0v) is 12.4. The first-order valence-electron chi connectivity index (χ1n) is 6.47. The average molecular weight is 322 g/mol. The van der Waals surface area contributed by atoms with Gasteiger partial charge in [0.25, 0.3) is 0 Å². The summed E-state index contributed by atoms with van der Waals surface area (Å²) in [7, 11) is 2.15. The first kappa shape index (κ1) is 12.8. The van der Waals surface area contributed by atoms with Gasteiger partial charge in [-0.05, 0) is 41.9 Å². The zero-order valence-electron chi connectivity index (χ0n) is 10.8. The summed E-state index contributed by atoms with van der Waals surface area (Å²) in [5, 5.41) is 0. The Labute approximate surface area is 120 Å². The highest BCUT2D eigenvalue weighted by atomic mass is 79.9. The van der Waals surface area contributed by atoms with Gasteiger partial charge in [0.05, 0.1) is 5.52 Å². The van der Waals surface area contributed by atoms with Crippen molar-refractivity contribution in [1.82, 2.24) is 14.9 Å². The van der Waals surface area contributed by atoms with Gasteiger partial charge in [0.2, 0.25) is 0 Å². The van der Waals surface area contributed by atoms with Gasteiger partial charge in [-0.25, -0.2) is 4.98 Å². The van der Waals surface area contributed by atoms with Crippen LogP contribution in [0.4, 0.5) is 0 Å². The normalized spacial score (nSPS) is 15.1. The van der Waals surface area contributed by atoms with Crippen molar-refractivity contribution < 1.29 is 4.74 Å². The van der Waals surface area contributed by atoms with Gasteiger partial charge in [-0.15, -0.1) is 0 Å². The number of halogens is 1. The highest BCUT2D eigenvalue weighted by Gasteiger charge is 2.25. The molecule has 1 aliphatic carbocycles. The standard InChI is InChI=1S/C14H16BrN3O/c1-18(11-2-3-11)6-7-19-13-4-5-16-12-8-10(15)9-17-14(12)13/h4-5,8-9,11H,2-3,6-7H2,1H3. The van der Waals surface area contributed by atoms with E-state index in [0.29, 0.717) is 6.61 Å². The molecule has 3 rings (SSSR count). The van der Waals surface area contributed by atoms with Crippen molar-refractivity contribution in [2.24, 2.45) is 0 Å². The molecule has 100 valence electrons. The van der Waals surface area contributed by atoms with Crippen LogP contribution in [0.2, 0.25) is 0 Å². The average Bonchev–Trinajstić information content (AvgIpc) is 3.22. The SMILES string of the molecule is CN(CCOc1ccnc2cc(Br)cnc12)C1CC1. The van der Waals surface area contributed by atoms with Crippen LogP contribution in [0, 0.1) is 0 Å². The van der Waals surface area contributed by atoms with Crippen molar-refractivity contribution in [1.29, 1.82) is 0 Å². The molecule has 0 bridgehead atoms. The summed E-state index contributed by atoms with van der Waals surface area (Å²) in [6.07, 6.45) is 6.18. The number of ether oxygens (including phenoxy) is 1. The van der Waals surface area contributed by atoms with Gasteiger partial charge in [-0.1, -0.05) is 0 Å². The van der Waals surface area contributed by atoms with Crippen molar-refractivity contribution >= 4 is 27.0 Å². The molecule has 0 N–H and O–H groups in total. The molecule has 4 nitrogen and oxygen atoms in total. The van der Waals surface area contributed by atoms with Crippen molar-refractivity contribution in [3.05, 3.63) is 29.0 Å². The third-order valence-electron chi connectivity index (χ3n) is 3.38. The second kappa shape index (κ2) is 5.43. The number of hydrogen-bond acceptors (Lipinski definition) is 4. The molecule has 2 aromatic heterocycles. The molecule has 2 heterocycles. The molecule has 0 aliphatic heterocycles. The Balaban J connectivity index is 1.69. The quantitative estimate of drug-likeness (QED) is 0.848. The number of pyridine rings is 2. The van der Waals surface area contributed by atoms with Crippen LogP contribution in [0.15, 0.2) is 29.0 Å². The van der Waals surface area contributed by atoms with Gasteiger partial charge < -0.3 is 9.64 Å². The van der Waals surface area contributed by atoms with Crippen LogP contribution in [-0.4, -0.2) is 41.1 Å². The largest absolute Gasteiger partial charge is 0.490 e. The molecule has 1 aliphatic rings. The van der Waals surface area contributed by atoms with Gasteiger partial charge >= 0.3 is 0 Å². The molecule has 0 saturated heterocycles. The maximum absolute atomic E-state index is 5.85. The maximum atomic E-state index is 5.85. The molecule has 1 fully saturated rings. The second-order valence-electron chi connectivity index (χ2n) is 4.89. The van der Waals surface area contributed by atoms with Crippen LogP contribution >= 0.6 is 15.9 Å². The third kappa shape index (κ3) is 3.04. The fourth-order valence-corrected chi connectivity index (χ4v) is 2.41. The van der Waals surface area contributed by atoms with E-state index in [1.807, 2.05) is 12.1 Å². The minimum Gasteiger partial charge on any atom is -0.490 e. The number of hydrogen-bond donors (Lipinski definition) is 0. The molecular formula is C14H16BrN3O. The monoisotopic (exact) mass is 321 g/mol. The van der Waals surface area contributed by atoms with Crippen LogP contribution in [0.5, 0.6) is 5.75 Å². The summed E-state index contributed by atoms with van der Waals surface area (Å²) in [5.74, 6) is 0.807. The molecule has 0 amide bonds. The second-order valence-corrected chi connectivity index (χ2v) is 5.81. The van der Waals surface area contributed by atoms with E-state index in [9.17, 15) is 0 Å². The summed E-state index contributed by atoms with van der Waals surface area (Å²) in [6, 6.07) is 4.60. The highest BCUT2D eigenvalue weighted by molar-refractivity contribution is 9.10. The number of rotatable bonds is 5. The lowest BCUT2D eigenvalue weighted by atomic mass is 10.3. The molecule has 19 heavy (non-hydrogen) atoms. The van der Waals surface area contributed by atoms with E-state index >= 15 is 0 Å². The topological polar surface area (TPSA) is 38.2 Å². The van der Waals surface area contributed by atoms with E-state index < -0.39 is 0 Å². The summed E-state index contributed by atoms with van der Waals surface area (Å²) in [5.41, 5.74) is 1.67. The minimum absolute atomic E-state index is 0.684. The Morgan fingerprint density at radius 1 is 1.42 bits per heavy atom. The van der Waals surface area contributed by atoms with E-state index in [4.69, 9.17) is 4.74 Å².